The Hall–Kier alpha value is -1.97. The first-order valence-corrected chi connectivity index (χ1v) is 4.28. The van der Waals surface area contributed by atoms with Crippen molar-refractivity contribution in [1.29, 1.82) is 0 Å². The summed E-state index contributed by atoms with van der Waals surface area (Å²) in [5.74, 6) is 0.411. The van der Waals surface area contributed by atoms with E-state index in [0.717, 1.165) is 11.1 Å². The topological polar surface area (TPSA) is 64.7 Å². The SMILES string of the molecule is Cc1ccccc1-c1nncnc1N. The molecule has 0 atom stereocenters. The molecule has 0 amide bonds. The van der Waals surface area contributed by atoms with Crippen molar-refractivity contribution < 1.29 is 0 Å². The van der Waals surface area contributed by atoms with Crippen molar-refractivity contribution in [2.24, 2.45) is 0 Å². The second-order valence-electron chi connectivity index (χ2n) is 3.01. The molecule has 0 aliphatic rings. The highest BCUT2D eigenvalue weighted by Crippen LogP contribution is 2.23. The summed E-state index contributed by atoms with van der Waals surface area (Å²) in [6.45, 7) is 2.00. The van der Waals surface area contributed by atoms with E-state index in [9.17, 15) is 0 Å². The van der Waals surface area contributed by atoms with Crippen molar-refractivity contribution in [2.45, 2.75) is 6.92 Å². The lowest BCUT2D eigenvalue weighted by atomic mass is 10.1. The molecule has 1 aromatic carbocycles. The van der Waals surface area contributed by atoms with Crippen LogP contribution in [0.5, 0.6) is 0 Å². The molecule has 0 saturated carbocycles. The summed E-state index contributed by atoms with van der Waals surface area (Å²) in [6, 6.07) is 7.87. The van der Waals surface area contributed by atoms with Gasteiger partial charge in [-0.1, -0.05) is 24.3 Å². The molecule has 0 aliphatic carbocycles. The van der Waals surface area contributed by atoms with Crippen LogP contribution in [-0.4, -0.2) is 15.2 Å². The summed E-state index contributed by atoms with van der Waals surface area (Å²) >= 11 is 0. The minimum absolute atomic E-state index is 0.411. The molecule has 14 heavy (non-hydrogen) atoms. The van der Waals surface area contributed by atoms with Gasteiger partial charge in [0.1, 0.15) is 12.0 Å². The van der Waals surface area contributed by atoms with Crippen LogP contribution in [0.3, 0.4) is 0 Å². The molecule has 2 rings (SSSR count). The summed E-state index contributed by atoms with van der Waals surface area (Å²) in [5, 5.41) is 7.69. The maximum atomic E-state index is 5.71. The molecule has 0 radical (unpaired) electrons. The Morgan fingerprint density at radius 1 is 1.21 bits per heavy atom. The predicted octanol–water partition coefficient (Wildman–Crippen LogP) is 1.43. The van der Waals surface area contributed by atoms with Gasteiger partial charge in [-0.2, -0.15) is 0 Å². The fourth-order valence-electron chi connectivity index (χ4n) is 1.31. The van der Waals surface area contributed by atoms with Crippen LogP contribution in [-0.2, 0) is 0 Å². The lowest BCUT2D eigenvalue weighted by Gasteiger charge is -2.04. The molecule has 4 heteroatoms. The van der Waals surface area contributed by atoms with Gasteiger partial charge in [-0.25, -0.2) is 4.98 Å². The van der Waals surface area contributed by atoms with Crippen LogP contribution >= 0.6 is 0 Å². The number of anilines is 1. The molecular formula is C10H10N4. The maximum Gasteiger partial charge on any atom is 0.153 e. The first-order chi connectivity index (χ1) is 6.79. The van der Waals surface area contributed by atoms with E-state index in [1.165, 1.54) is 6.33 Å². The average molecular weight is 186 g/mol. The van der Waals surface area contributed by atoms with Crippen molar-refractivity contribution >= 4 is 5.82 Å². The Morgan fingerprint density at radius 3 is 2.71 bits per heavy atom. The van der Waals surface area contributed by atoms with Gasteiger partial charge in [0, 0.05) is 5.56 Å². The van der Waals surface area contributed by atoms with Crippen LogP contribution in [0.1, 0.15) is 5.56 Å². The van der Waals surface area contributed by atoms with Gasteiger partial charge in [0.05, 0.1) is 0 Å². The molecule has 2 aromatic rings. The van der Waals surface area contributed by atoms with Gasteiger partial charge in [-0.15, -0.1) is 10.2 Å². The Bertz CT molecular complexity index is 410. The largest absolute Gasteiger partial charge is 0.382 e. The summed E-state index contributed by atoms with van der Waals surface area (Å²) in [7, 11) is 0. The second kappa shape index (κ2) is 3.41. The molecule has 2 N–H and O–H groups in total. The normalized spacial score (nSPS) is 10.1. The molecule has 0 unspecified atom stereocenters. The lowest BCUT2D eigenvalue weighted by molar-refractivity contribution is 0.982. The molecule has 0 aliphatic heterocycles. The third-order valence-corrected chi connectivity index (χ3v) is 2.05. The van der Waals surface area contributed by atoms with E-state index < -0.39 is 0 Å². The highest BCUT2D eigenvalue weighted by molar-refractivity contribution is 5.71. The van der Waals surface area contributed by atoms with Gasteiger partial charge in [0.25, 0.3) is 0 Å². The zero-order valence-corrected chi connectivity index (χ0v) is 7.81. The van der Waals surface area contributed by atoms with E-state index in [-0.39, 0.29) is 0 Å². The third-order valence-electron chi connectivity index (χ3n) is 2.05. The van der Waals surface area contributed by atoms with Gasteiger partial charge in [0.15, 0.2) is 5.82 Å². The molecular weight excluding hydrogens is 176 g/mol. The number of nitrogens with zero attached hydrogens (tertiary/aromatic N) is 3. The number of aromatic nitrogens is 3. The molecule has 70 valence electrons. The molecule has 0 spiro atoms. The zero-order valence-electron chi connectivity index (χ0n) is 7.81. The number of hydrogen-bond donors (Lipinski definition) is 1. The second-order valence-corrected chi connectivity index (χ2v) is 3.01. The van der Waals surface area contributed by atoms with Crippen molar-refractivity contribution in [1.82, 2.24) is 15.2 Å². The Kier molecular flexibility index (Phi) is 2.10. The van der Waals surface area contributed by atoms with E-state index in [4.69, 9.17) is 5.73 Å². The number of hydrogen-bond acceptors (Lipinski definition) is 4. The molecule has 0 fully saturated rings. The summed E-state index contributed by atoms with van der Waals surface area (Å²) in [6.07, 6.45) is 1.34. The lowest BCUT2D eigenvalue weighted by Crippen LogP contribution is -1.99. The first kappa shape index (κ1) is 8.62. The maximum absolute atomic E-state index is 5.71. The van der Waals surface area contributed by atoms with Crippen LogP contribution in [0.2, 0.25) is 0 Å². The van der Waals surface area contributed by atoms with Gasteiger partial charge >= 0.3 is 0 Å². The Balaban J connectivity index is 2.61. The van der Waals surface area contributed by atoms with E-state index in [2.05, 4.69) is 15.2 Å². The number of benzene rings is 1. The van der Waals surface area contributed by atoms with Crippen LogP contribution < -0.4 is 5.73 Å². The zero-order chi connectivity index (χ0) is 9.97. The van der Waals surface area contributed by atoms with E-state index in [0.29, 0.717) is 11.5 Å². The van der Waals surface area contributed by atoms with Gasteiger partial charge in [0.2, 0.25) is 0 Å². The smallest absolute Gasteiger partial charge is 0.153 e. The summed E-state index contributed by atoms with van der Waals surface area (Å²) in [5.41, 5.74) is 8.44. The quantitative estimate of drug-likeness (QED) is 0.731. The van der Waals surface area contributed by atoms with Crippen LogP contribution in [0.25, 0.3) is 11.3 Å². The van der Waals surface area contributed by atoms with Crippen molar-refractivity contribution in [2.75, 3.05) is 5.73 Å². The number of nitrogens with two attached hydrogens (primary N) is 1. The molecule has 1 heterocycles. The standard InChI is InChI=1S/C10H10N4/c1-7-4-2-3-5-8(7)9-10(11)12-6-13-14-9/h2-6H,1H3,(H2,11,12,13). The highest BCUT2D eigenvalue weighted by Gasteiger charge is 2.06. The predicted molar refractivity (Wildman–Crippen MR) is 54.4 cm³/mol. The van der Waals surface area contributed by atoms with Crippen LogP contribution in [0, 0.1) is 6.92 Å². The third kappa shape index (κ3) is 1.42. The molecule has 4 nitrogen and oxygen atoms in total. The van der Waals surface area contributed by atoms with Crippen molar-refractivity contribution in [3.8, 4) is 11.3 Å². The minimum atomic E-state index is 0.411. The van der Waals surface area contributed by atoms with Crippen molar-refractivity contribution in [3.05, 3.63) is 36.2 Å². The molecule has 0 saturated heterocycles. The van der Waals surface area contributed by atoms with Gasteiger partial charge in [-0.05, 0) is 12.5 Å². The van der Waals surface area contributed by atoms with Gasteiger partial charge < -0.3 is 5.73 Å². The van der Waals surface area contributed by atoms with Crippen LogP contribution in [0.4, 0.5) is 5.82 Å². The highest BCUT2D eigenvalue weighted by atomic mass is 15.1. The first-order valence-electron chi connectivity index (χ1n) is 4.28. The number of aryl methyl sites for hydroxylation is 1. The van der Waals surface area contributed by atoms with Gasteiger partial charge in [-0.3, -0.25) is 0 Å². The van der Waals surface area contributed by atoms with Crippen molar-refractivity contribution in [3.63, 3.8) is 0 Å². The van der Waals surface area contributed by atoms with E-state index in [1.54, 1.807) is 0 Å². The fraction of sp³-hybridized carbons (Fsp3) is 0.100. The Morgan fingerprint density at radius 2 is 2.00 bits per heavy atom. The summed E-state index contributed by atoms with van der Waals surface area (Å²) in [4.78, 5) is 3.90. The summed E-state index contributed by atoms with van der Waals surface area (Å²) < 4.78 is 0. The average Bonchev–Trinajstić information content (AvgIpc) is 2.20. The monoisotopic (exact) mass is 186 g/mol. The van der Waals surface area contributed by atoms with Crippen LogP contribution in [0.15, 0.2) is 30.6 Å². The number of nitrogen functional groups attached to an aromatic ring is 1. The molecule has 0 bridgehead atoms. The molecule has 1 aromatic heterocycles. The minimum Gasteiger partial charge on any atom is -0.382 e. The Labute approximate surface area is 81.8 Å². The fourth-order valence-corrected chi connectivity index (χ4v) is 1.31. The van der Waals surface area contributed by atoms with E-state index >= 15 is 0 Å². The number of rotatable bonds is 1. The van der Waals surface area contributed by atoms with E-state index in [1.807, 2.05) is 31.2 Å².